The fourth-order valence-corrected chi connectivity index (χ4v) is 0.985. The van der Waals surface area contributed by atoms with E-state index in [9.17, 15) is 4.39 Å². The first kappa shape index (κ1) is 11.7. The van der Waals surface area contributed by atoms with Gasteiger partial charge in [-0.1, -0.05) is 17.7 Å². The highest BCUT2D eigenvalue weighted by Gasteiger charge is 2.03. The van der Waals surface area contributed by atoms with E-state index in [1.807, 2.05) is 6.92 Å². The highest BCUT2D eigenvalue weighted by Crippen LogP contribution is 2.18. The summed E-state index contributed by atoms with van der Waals surface area (Å²) in [6.45, 7) is 1.82. The fourth-order valence-electron chi connectivity index (χ4n) is 0.796. The predicted octanol–water partition coefficient (Wildman–Crippen LogP) is 2.92. The van der Waals surface area contributed by atoms with Crippen LogP contribution in [0.25, 0.3) is 0 Å². The van der Waals surface area contributed by atoms with Crippen LogP contribution in [0.15, 0.2) is 18.2 Å². The molecule has 0 aliphatic carbocycles. The molecule has 1 nitrogen and oxygen atoms in total. The molecule has 12 heavy (non-hydrogen) atoms. The topological polar surface area (TPSA) is 26.0 Å². The van der Waals surface area contributed by atoms with Crippen LogP contribution >= 0.6 is 24.0 Å². The standard InChI is InChI=1S/C8H9ClFN.ClH/c1-5(11)6-2-3-8(10)7(9)4-6;/h2-5H,11H2,1H3;1H/t5-;/m0./s1. The van der Waals surface area contributed by atoms with Crippen molar-refractivity contribution in [1.82, 2.24) is 0 Å². The first-order valence-electron chi connectivity index (χ1n) is 3.32. The molecule has 0 aliphatic rings. The molecule has 68 valence electrons. The third-order valence-electron chi connectivity index (χ3n) is 1.47. The lowest BCUT2D eigenvalue weighted by Gasteiger charge is -2.05. The molecule has 0 fully saturated rings. The summed E-state index contributed by atoms with van der Waals surface area (Å²) >= 11 is 5.53. The quantitative estimate of drug-likeness (QED) is 0.757. The molecule has 1 aromatic carbocycles. The minimum Gasteiger partial charge on any atom is -0.324 e. The van der Waals surface area contributed by atoms with E-state index in [-0.39, 0.29) is 23.5 Å². The molecule has 2 N–H and O–H groups in total. The van der Waals surface area contributed by atoms with E-state index in [1.54, 1.807) is 12.1 Å². The Bertz CT molecular complexity index is 263. The molecule has 0 aromatic heterocycles. The zero-order valence-electron chi connectivity index (χ0n) is 6.55. The molecular weight excluding hydrogens is 200 g/mol. The summed E-state index contributed by atoms with van der Waals surface area (Å²) in [6, 6.07) is 4.39. The molecule has 1 rings (SSSR count). The Morgan fingerprint density at radius 1 is 1.50 bits per heavy atom. The van der Waals surface area contributed by atoms with Crippen LogP contribution in [-0.4, -0.2) is 0 Å². The summed E-state index contributed by atoms with van der Waals surface area (Å²) in [5.74, 6) is -0.406. The van der Waals surface area contributed by atoms with Gasteiger partial charge >= 0.3 is 0 Å². The summed E-state index contributed by atoms with van der Waals surface area (Å²) in [5.41, 5.74) is 6.40. The van der Waals surface area contributed by atoms with E-state index in [0.717, 1.165) is 5.56 Å². The summed E-state index contributed by atoms with van der Waals surface area (Å²) in [7, 11) is 0. The molecular formula is C8H10Cl2FN. The summed E-state index contributed by atoms with van der Waals surface area (Å²) in [6.07, 6.45) is 0. The molecule has 1 atom stereocenters. The normalized spacial score (nSPS) is 12.0. The Hall–Kier alpha value is -0.310. The average molecular weight is 210 g/mol. The number of rotatable bonds is 1. The Kier molecular flexibility index (Phi) is 4.53. The smallest absolute Gasteiger partial charge is 0.141 e. The molecule has 0 radical (unpaired) electrons. The third-order valence-corrected chi connectivity index (χ3v) is 1.76. The predicted molar refractivity (Wildman–Crippen MR) is 51.3 cm³/mol. The fraction of sp³-hybridized carbons (Fsp3) is 0.250. The van der Waals surface area contributed by atoms with Crippen molar-refractivity contribution < 1.29 is 4.39 Å². The van der Waals surface area contributed by atoms with Crippen molar-refractivity contribution in [2.75, 3.05) is 0 Å². The number of nitrogens with two attached hydrogens (primary N) is 1. The van der Waals surface area contributed by atoms with E-state index in [2.05, 4.69) is 0 Å². The van der Waals surface area contributed by atoms with Crippen molar-refractivity contribution in [2.24, 2.45) is 5.73 Å². The van der Waals surface area contributed by atoms with E-state index in [0.29, 0.717) is 0 Å². The van der Waals surface area contributed by atoms with Gasteiger partial charge in [0.2, 0.25) is 0 Å². The highest BCUT2D eigenvalue weighted by atomic mass is 35.5. The largest absolute Gasteiger partial charge is 0.324 e. The minimum absolute atomic E-state index is 0. The first-order valence-corrected chi connectivity index (χ1v) is 3.69. The van der Waals surface area contributed by atoms with E-state index >= 15 is 0 Å². The van der Waals surface area contributed by atoms with Gasteiger partial charge in [0.05, 0.1) is 5.02 Å². The molecule has 0 bridgehead atoms. The van der Waals surface area contributed by atoms with E-state index in [4.69, 9.17) is 17.3 Å². The first-order chi connectivity index (χ1) is 5.11. The van der Waals surface area contributed by atoms with Crippen molar-refractivity contribution in [2.45, 2.75) is 13.0 Å². The van der Waals surface area contributed by atoms with Gasteiger partial charge in [0, 0.05) is 6.04 Å². The number of hydrogen-bond acceptors (Lipinski definition) is 1. The van der Waals surface area contributed by atoms with Crippen LogP contribution in [0.3, 0.4) is 0 Å². The number of benzene rings is 1. The second kappa shape index (κ2) is 4.65. The SMILES string of the molecule is C[C@H](N)c1ccc(F)c(Cl)c1.Cl. The second-order valence-corrected chi connectivity index (χ2v) is 2.87. The Morgan fingerprint density at radius 2 is 2.08 bits per heavy atom. The van der Waals surface area contributed by atoms with Crippen LogP contribution < -0.4 is 5.73 Å². The van der Waals surface area contributed by atoms with Gasteiger partial charge in [0.15, 0.2) is 0 Å². The summed E-state index contributed by atoms with van der Waals surface area (Å²) in [4.78, 5) is 0. The van der Waals surface area contributed by atoms with Gasteiger partial charge in [-0.3, -0.25) is 0 Å². The molecule has 0 aliphatic heterocycles. The van der Waals surface area contributed by atoms with Gasteiger partial charge in [0.25, 0.3) is 0 Å². The van der Waals surface area contributed by atoms with Crippen molar-refractivity contribution in [3.05, 3.63) is 34.6 Å². The maximum atomic E-state index is 12.6. The lowest BCUT2D eigenvalue weighted by molar-refractivity contribution is 0.626. The molecule has 0 spiro atoms. The van der Waals surface area contributed by atoms with Gasteiger partial charge in [-0.15, -0.1) is 12.4 Å². The van der Waals surface area contributed by atoms with Crippen LogP contribution in [0.4, 0.5) is 4.39 Å². The second-order valence-electron chi connectivity index (χ2n) is 2.46. The maximum Gasteiger partial charge on any atom is 0.141 e. The van der Waals surface area contributed by atoms with Crippen molar-refractivity contribution in [3.63, 3.8) is 0 Å². The zero-order valence-corrected chi connectivity index (χ0v) is 8.12. The third kappa shape index (κ3) is 2.63. The molecule has 0 saturated carbocycles. The van der Waals surface area contributed by atoms with Crippen molar-refractivity contribution in [3.8, 4) is 0 Å². The lowest BCUT2D eigenvalue weighted by Crippen LogP contribution is -2.04. The zero-order chi connectivity index (χ0) is 8.43. The molecule has 0 heterocycles. The lowest BCUT2D eigenvalue weighted by atomic mass is 10.1. The van der Waals surface area contributed by atoms with Gasteiger partial charge in [-0.2, -0.15) is 0 Å². The van der Waals surface area contributed by atoms with Crippen LogP contribution in [0.5, 0.6) is 0 Å². The monoisotopic (exact) mass is 209 g/mol. The summed E-state index contributed by atoms with van der Waals surface area (Å²) in [5, 5.41) is 0.125. The van der Waals surface area contributed by atoms with Crippen LogP contribution in [0, 0.1) is 5.82 Å². The molecule has 0 amide bonds. The Labute approximate surface area is 82.1 Å². The molecule has 4 heteroatoms. The van der Waals surface area contributed by atoms with Gasteiger partial charge < -0.3 is 5.73 Å². The van der Waals surface area contributed by atoms with Crippen LogP contribution in [-0.2, 0) is 0 Å². The summed E-state index contributed by atoms with van der Waals surface area (Å²) < 4.78 is 12.6. The van der Waals surface area contributed by atoms with Gasteiger partial charge in [-0.25, -0.2) is 4.39 Å². The van der Waals surface area contributed by atoms with Crippen LogP contribution in [0.1, 0.15) is 18.5 Å². The van der Waals surface area contributed by atoms with Crippen molar-refractivity contribution in [1.29, 1.82) is 0 Å². The molecule has 0 saturated heterocycles. The molecule has 1 aromatic rings. The molecule has 0 unspecified atom stereocenters. The van der Waals surface area contributed by atoms with E-state index < -0.39 is 5.82 Å². The van der Waals surface area contributed by atoms with Crippen molar-refractivity contribution >= 4 is 24.0 Å². The number of halogens is 3. The number of hydrogen-bond donors (Lipinski definition) is 1. The average Bonchev–Trinajstić information content (AvgIpc) is 1.94. The minimum atomic E-state index is -0.406. The highest BCUT2D eigenvalue weighted by molar-refractivity contribution is 6.30. The maximum absolute atomic E-state index is 12.6. The Balaban J connectivity index is 0.00000121. The van der Waals surface area contributed by atoms with Crippen LogP contribution in [0.2, 0.25) is 5.02 Å². The van der Waals surface area contributed by atoms with Gasteiger partial charge in [0.1, 0.15) is 5.82 Å². The van der Waals surface area contributed by atoms with Gasteiger partial charge in [-0.05, 0) is 24.6 Å². The Morgan fingerprint density at radius 3 is 2.50 bits per heavy atom. The van der Waals surface area contributed by atoms with E-state index in [1.165, 1.54) is 6.07 Å².